The Hall–Kier alpha value is -1.52. The molecule has 5 nitrogen and oxygen atoms in total. The van der Waals surface area contributed by atoms with E-state index in [1.807, 2.05) is 4.90 Å². The highest BCUT2D eigenvalue weighted by molar-refractivity contribution is 5.76. The molecule has 3 atom stereocenters. The molecule has 0 radical (unpaired) electrons. The van der Waals surface area contributed by atoms with Gasteiger partial charge < -0.3 is 15.3 Å². The molecule has 2 rings (SSSR count). The summed E-state index contributed by atoms with van der Waals surface area (Å²) in [4.78, 5) is 25.0. The number of nitrogens with zero attached hydrogens (tertiary/aromatic N) is 1. The maximum atomic E-state index is 12.2. The molecule has 5 heteroatoms. The third-order valence-electron chi connectivity index (χ3n) is 4.42. The monoisotopic (exact) mass is 280 g/mol. The van der Waals surface area contributed by atoms with Crippen LogP contribution in [0.5, 0.6) is 0 Å². The van der Waals surface area contributed by atoms with Gasteiger partial charge in [0.2, 0.25) is 0 Å². The lowest BCUT2D eigenvalue weighted by Gasteiger charge is -2.23. The van der Waals surface area contributed by atoms with E-state index >= 15 is 0 Å². The van der Waals surface area contributed by atoms with Crippen molar-refractivity contribution in [1.29, 1.82) is 0 Å². The summed E-state index contributed by atoms with van der Waals surface area (Å²) in [7, 11) is 0. The van der Waals surface area contributed by atoms with Crippen LogP contribution in [0.4, 0.5) is 4.79 Å². The number of rotatable bonds is 3. The molecule has 0 bridgehead atoms. The van der Waals surface area contributed by atoms with Crippen molar-refractivity contribution in [2.45, 2.75) is 45.1 Å². The van der Waals surface area contributed by atoms with Gasteiger partial charge in [-0.2, -0.15) is 0 Å². The second-order valence-corrected chi connectivity index (χ2v) is 5.81. The summed E-state index contributed by atoms with van der Waals surface area (Å²) < 4.78 is 0. The number of hydrogen-bond acceptors (Lipinski definition) is 2. The number of carbonyl (C=O) groups excluding carboxylic acids is 1. The quantitative estimate of drug-likeness (QED) is 0.779. The van der Waals surface area contributed by atoms with Crippen LogP contribution in [0.25, 0.3) is 0 Å². The highest BCUT2D eigenvalue weighted by Crippen LogP contribution is 2.21. The van der Waals surface area contributed by atoms with Crippen LogP contribution in [0.15, 0.2) is 12.2 Å². The van der Waals surface area contributed by atoms with Crippen molar-refractivity contribution in [3.8, 4) is 0 Å². The smallest absolute Gasteiger partial charge is 0.317 e. The summed E-state index contributed by atoms with van der Waals surface area (Å²) >= 11 is 0. The molecule has 2 aliphatic rings. The summed E-state index contributed by atoms with van der Waals surface area (Å²) in [5, 5.41) is 11.9. The van der Waals surface area contributed by atoms with Gasteiger partial charge in [-0.25, -0.2) is 4.79 Å². The van der Waals surface area contributed by atoms with E-state index in [1.54, 1.807) is 12.2 Å². The molecule has 1 fully saturated rings. The first-order valence-electron chi connectivity index (χ1n) is 7.56. The molecule has 0 aromatic carbocycles. The van der Waals surface area contributed by atoms with Gasteiger partial charge in [-0.05, 0) is 31.6 Å². The number of nitrogens with one attached hydrogen (secondary N) is 1. The number of aliphatic carboxylic acids is 1. The second kappa shape index (κ2) is 6.77. The highest BCUT2D eigenvalue weighted by atomic mass is 16.4. The summed E-state index contributed by atoms with van der Waals surface area (Å²) in [5.41, 5.74) is 0. The number of amides is 2. The van der Waals surface area contributed by atoms with Crippen molar-refractivity contribution in [3.05, 3.63) is 12.2 Å². The average molecular weight is 280 g/mol. The van der Waals surface area contributed by atoms with Gasteiger partial charge in [-0.1, -0.05) is 25.5 Å². The van der Waals surface area contributed by atoms with Crippen molar-refractivity contribution < 1.29 is 14.7 Å². The lowest BCUT2D eigenvalue weighted by Crippen LogP contribution is -2.44. The number of carboxylic acid groups (broad SMARTS) is 1. The molecule has 1 heterocycles. The van der Waals surface area contributed by atoms with Crippen molar-refractivity contribution >= 4 is 12.0 Å². The Kier molecular flexibility index (Phi) is 5.04. The molecular weight excluding hydrogens is 256 g/mol. The zero-order chi connectivity index (χ0) is 14.5. The maximum absolute atomic E-state index is 12.2. The number of carbonyl (C=O) groups is 2. The first-order chi connectivity index (χ1) is 9.60. The molecule has 2 N–H and O–H groups in total. The van der Waals surface area contributed by atoms with E-state index in [0.717, 1.165) is 31.8 Å². The van der Waals surface area contributed by atoms with Crippen LogP contribution in [-0.2, 0) is 4.79 Å². The van der Waals surface area contributed by atoms with Crippen molar-refractivity contribution in [1.82, 2.24) is 10.2 Å². The van der Waals surface area contributed by atoms with Gasteiger partial charge >= 0.3 is 12.0 Å². The molecule has 0 saturated carbocycles. The van der Waals surface area contributed by atoms with E-state index < -0.39 is 11.9 Å². The van der Waals surface area contributed by atoms with Gasteiger partial charge in [-0.15, -0.1) is 0 Å². The standard InChI is InChI=1S/C15H24N2O3/c1-2-11-4-3-8-17(9-7-11)15(20)16-13-6-5-12(10-13)14(18)19/h5-6,11-13H,2-4,7-10H2,1H3,(H,16,20)(H,18,19). The van der Waals surface area contributed by atoms with Crippen LogP contribution >= 0.6 is 0 Å². The van der Waals surface area contributed by atoms with E-state index in [0.29, 0.717) is 6.42 Å². The van der Waals surface area contributed by atoms with Gasteiger partial charge in [-0.3, -0.25) is 4.79 Å². The third-order valence-corrected chi connectivity index (χ3v) is 4.42. The molecule has 20 heavy (non-hydrogen) atoms. The van der Waals surface area contributed by atoms with E-state index in [1.165, 1.54) is 12.8 Å². The minimum atomic E-state index is -0.821. The zero-order valence-electron chi connectivity index (χ0n) is 12.0. The Morgan fingerprint density at radius 2 is 2.10 bits per heavy atom. The second-order valence-electron chi connectivity index (χ2n) is 5.81. The molecule has 0 spiro atoms. The van der Waals surface area contributed by atoms with Crippen LogP contribution in [-0.4, -0.2) is 41.1 Å². The molecule has 1 aliphatic carbocycles. The van der Waals surface area contributed by atoms with Crippen LogP contribution < -0.4 is 5.32 Å². The predicted molar refractivity (Wildman–Crippen MR) is 76.4 cm³/mol. The van der Waals surface area contributed by atoms with Gasteiger partial charge in [0.15, 0.2) is 0 Å². The zero-order valence-corrected chi connectivity index (χ0v) is 12.0. The van der Waals surface area contributed by atoms with Crippen LogP contribution in [0.3, 0.4) is 0 Å². The predicted octanol–water partition coefficient (Wildman–Crippen LogP) is 2.24. The van der Waals surface area contributed by atoms with Crippen molar-refractivity contribution in [2.75, 3.05) is 13.1 Å². The van der Waals surface area contributed by atoms with Gasteiger partial charge in [0.05, 0.1) is 12.0 Å². The summed E-state index contributed by atoms with van der Waals surface area (Å²) in [6.07, 6.45) is 8.44. The normalized spacial score (nSPS) is 30.1. The Balaban J connectivity index is 1.80. The molecule has 1 saturated heterocycles. The Morgan fingerprint density at radius 3 is 2.75 bits per heavy atom. The Bertz CT molecular complexity index is 395. The minimum Gasteiger partial charge on any atom is -0.481 e. The number of likely N-dealkylation sites (tertiary alicyclic amines) is 1. The summed E-state index contributed by atoms with van der Waals surface area (Å²) in [5.74, 6) is -0.553. The van der Waals surface area contributed by atoms with Crippen molar-refractivity contribution in [3.63, 3.8) is 0 Å². The fourth-order valence-corrected chi connectivity index (χ4v) is 3.02. The average Bonchev–Trinajstić information content (AvgIpc) is 2.75. The fourth-order valence-electron chi connectivity index (χ4n) is 3.02. The Labute approximate surface area is 120 Å². The number of carboxylic acids is 1. The van der Waals surface area contributed by atoms with E-state index in [4.69, 9.17) is 5.11 Å². The Morgan fingerprint density at radius 1 is 1.30 bits per heavy atom. The first-order valence-corrected chi connectivity index (χ1v) is 7.56. The minimum absolute atomic E-state index is 0.0533. The lowest BCUT2D eigenvalue weighted by atomic mass is 9.98. The first kappa shape index (κ1) is 14.9. The summed E-state index contributed by atoms with van der Waals surface area (Å²) in [6, 6.07) is -0.198. The number of urea groups is 1. The lowest BCUT2D eigenvalue weighted by molar-refractivity contribution is -0.140. The van der Waals surface area contributed by atoms with Crippen molar-refractivity contribution in [2.24, 2.45) is 11.8 Å². The molecule has 2 amide bonds. The third kappa shape index (κ3) is 3.74. The SMILES string of the molecule is CCC1CCCN(C(=O)NC2C=CC(C(=O)O)C2)CC1. The molecule has 3 unspecified atom stereocenters. The number of hydrogen-bond donors (Lipinski definition) is 2. The van der Waals surface area contributed by atoms with Gasteiger partial charge in [0.1, 0.15) is 0 Å². The van der Waals surface area contributed by atoms with E-state index in [9.17, 15) is 9.59 Å². The fraction of sp³-hybridized carbons (Fsp3) is 0.733. The van der Waals surface area contributed by atoms with Crippen LogP contribution in [0, 0.1) is 11.8 Å². The molecule has 112 valence electrons. The maximum Gasteiger partial charge on any atom is 0.317 e. The van der Waals surface area contributed by atoms with Crippen LogP contribution in [0.1, 0.15) is 39.0 Å². The van der Waals surface area contributed by atoms with Gasteiger partial charge in [0, 0.05) is 13.1 Å². The highest BCUT2D eigenvalue weighted by Gasteiger charge is 2.27. The molecule has 0 aromatic heterocycles. The van der Waals surface area contributed by atoms with Gasteiger partial charge in [0.25, 0.3) is 0 Å². The largest absolute Gasteiger partial charge is 0.481 e. The topological polar surface area (TPSA) is 69.6 Å². The van der Waals surface area contributed by atoms with E-state index in [2.05, 4.69) is 12.2 Å². The van der Waals surface area contributed by atoms with E-state index in [-0.39, 0.29) is 12.1 Å². The molecular formula is C15H24N2O3. The molecule has 1 aliphatic heterocycles. The summed E-state index contributed by atoms with van der Waals surface area (Å²) in [6.45, 7) is 3.82. The molecule has 0 aromatic rings. The van der Waals surface area contributed by atoms with Crippen LogP contribution in [0.2, 0.25) is 0 Å².